The molecule has 2 aliphatic rings. The van der Waals surface area contributed by atoms with E-state index < -0.39 is 0 Å². The molecule has 0 aliphatic heterocycles. The van der Waals surface area contributed by atoms with Gasteiger partial charge in [-0.3, -0.25) is 0 Å². The van der Waals surface area contributed by atoms with Gasteiger partial charge in [0.2, 0.25) is 0 Å². The first-order valence-electron chi connectivity index (χ1n) is 6.78. The summed E-state index contributed by atoms with van der Waals surface area (Å²) in [5, 5.41) is 9.55. The Kier molecular flexibility index (Phi) is 2.62. The monoisotopic (exact) mass is 231 g/mol. The molecule has 2 nitrogen and oxygen atoms in total. The molecule has 2 heteroatoms. The van der Waals surface area contributed by atoms with E-state index in [1.54, 1.807) is 6.07 Å². The molecule has 0 aromatic heterocycles. The summed E-state index contributed by atoms with van der Waals surface area (Å²) in [7, 11) is 0. The molecule has 92 valence electrons. The largest absolute Gasteiger partial charge is 0.508 e. The maximum Gasteiger partial charge on any atom is 0.115 e. The van der Waals surface area contributed by atoms with Crippen LogP contribution < -0.4 is 5.73 Å². The lowest BCUT2D eigenvalue weighted by Crippen LogP contribution is -2.25. The molecular weight excluding hydrogens is 210 g/mol. The molecule has 0 bridgehead atoms. The molecule has 2 atom stereocenters. The fourth-order valence-corrected chi connectivity index (χ4v) is 3.56. The molecule has 0 amide bonds. The van der Waals surface area contributed by atoms with E-state index in [1.807, 2.05) is 12.1 Å². The molecular formula is C15H21NO. The first kappa shape index (κ1) is 11.1. The summed E-state index contributed by atoms with van der Waals surface area (Å²) in [5.41, 5.74) is 7.47. The van der Waals surface area contributed by atoms with Gasteiger partial charge in [-0.1, -0.05) is 44.2 Å². The van der Waals surface area contributed by atoms with Crippen LogP contribution in [0.5, 0.6) is 5.75 Å². The maximum atomic E-state index is 9.55. The molecule has 2 aliphatic carbocycles. The van der Waals surface area contributed by atoms with Gasteiger partial charge in [0.15, 0.2) is 0 Å². The first-order valence-corrected chi connectivity index (χ1v) is 6.78. The molecule has 2 unspecified atom stereocenters. The highest BCUT2D eigenvalue weighted by molar-refractivity contribution is 5.37. The summed E-state index contributed by atoms with van der Waals surface area (Å²) in [5.74, 6) is 1.79. The molecule has 2 fully saturated rings. The van der Waals surface area contributed by atoms with Crippen molar-refractivity contribution in [1.29, 1.82) is 0 Å². The quantitative estimate of drug-likeness (QED) is 0.821. The van der Waals surface area contributed by atoms with Crippen LogP contribution in [-0.2, 0) is 5.54 Å². The maximum absolute atomic E-state index is 9.55. The number of nitrogens with two attached hydrogens (primary N) is 1. The second-order valence-electron chi connectivity index (χ2n) is 5.80. The lowest BCUT2D eigenvalue weighted by molar-refractivity contribution is 0.302. The van der Waals surface area contributed by atoms with Crippen LogP contribution >= 0.6 is 0 Å². The number of phenols is 1. The average Bonchev–Trinajstić information content (AvgIpc) is 3.05. The van der Waals surface area contributed by atoms with Gasteiger partial charge in [-0.25, -0.2) is 0 Å². The van der Waals surface area contributed by atoms with Crippen LogP contribution in [0.1, 0.15) is 44.1 Å². The summed E-state index contributed by atoms with van der Waals surface area (Å²) in [6.45, 7) is 0. The third kappa shape index (κ3) is 1.95. The van der Waals surface area contributed by atoms with Crippen LogP contribution in [0.4, 0.5) is 0 Å². The summed E-state index contributed by atoms with van der Waals surface area (Å²) < 4.78 is 0. The van der Waals surface area contributed by atoms with Crippen molar-refractivity contribution in [2.45, 2.75) is 44.1 Å². The van der Waals surface area contributed by atoms with Gasteiger partial charge in [-0.05, 0) is 36.0 Å². The van der Waals surface area contributed by atoms with Crippen LogP contribution in [0.15, 0.2) is 24.3 Å². The highest BCUT2D eigenvalue weighted by atomic mass is 16.3. The van der Waals surface area contributed by atoms with Crippen LogP contribution in [0.3, 0.4) is 0 Å². The van der Waals surface area contributed by atoms with Crippen LogP contribution in [0, 0.1) is 11.8 Å². The van der Waals surface area contributed by atoms with Crippen molar-refractivity contribution in [1.82, 2.24) is 0 Å². The molecule has 3 N–H and O–H groups in total. The number of hydrogen-bond donors (Lipinski definition) is 2. The smallest absolute Gasteiger partial charge is 0.115 e. The highest BCUT2D eigenvalue weighted by Crippen LogP contribution is 2.57. The van der Waals surface area contributed by atoms with Gasteiger partial charge in [0, 0.05) is 5.54 Å². The highest BCUT2D eigenvalue weighted by Gasteiger charge is 2.55. The average molecular weight is 231 g/mol. The Balaban J connectivity index is 1.76. The SMILES string of the molecule is NC1(c2cccc(O)c2)CC1C1CCCCC1. The summed E-state index contributed by atoms with van der Waals surface area (Å²) in [6, 6.07) is 7.51. The Morgan fingerprint density at radius 2 is 1.94 bits per heavy atom. The lowest BCUT2D eigenvalue weighted by atomic mass is 9.83. The standard InChI is InChI=1S/C15H21NO/c16-15(12-7-4-8-13(17)9-12)10-14(15)11-5-2-1-3-6-11/h4,7-9,11,14,17H,1-3,5-6,10,16H2. The number of benzene rings is 1. The number of hydrogen-bond acceptors (Lipinski definition) is 2. The van der Waals surface area contributed by atoms with Crippen molar-refractivity contribution in [3.8, 4) is 5.75 Å². The van der Waals surface area contributed by atoms with Crippen molar-refractivity contribution in [3.05, 3.63) is 29.8 Å². The second kappa shape index (κ2) is 4.02. The number of aromatic hydroxyl groups is 1. The predicted molar refractivity (Wildman–Crippen MR) is 68.7 cm³/mol. The van der Waals surface area contributed by atoms with Gasteiger partial charge >= 0.3 is 0 Å². The number of phenolic OH excluding ortho intramolecular Hbond substituents is 1. The van der Waals surface area contributed by atoms with E-state index in [1.165, 1.54) is 32.1 Å². The van der Waals surface area contributed by atoms with Crippen molar-refractivity contribution >= 4 is 0 Å². The third-order valence-corrected chi connectivity index (χ3v) is 4.66. The molecule has 17 heavy (non-hydrogen) atoms. The molecule has 0 saturated heterocycles. The summed E-state index contributed by atoms with van der Waals surface area (Å²) in [4.78, 5) is 0. The topological polar surface area (TPSA) is 46.2 Å². The first-order chi connectivity index (χ1) is 8.20. The Morgan fingerprint density at radius 3 is 2.65 bits per heavy atom. The predicted octanol–water partition coefficient (Wildman–Crippen LogP) is 3.15. The van der Waals surface area contributed by atoms with Gasteiger partial charge in [0.1, 0.15) is 5.75 Å². The van der Waals surface area contributed by atoms with E-state index in [4.69, 9.17) is 5.73 Å². The molecule has 0 spiro atoms. The van der Waals surface area contributed by atoms with E-state index in [0.29, 0.717) is 11.7 Å². The Morgan fingerprint density at radius 1 is 1.18 bits per heavy atom. The van der Waals surface area contributed by atoms with Crippen molar-refractivity contribution in [3.63, 3.8) is 0 Å². The Bertz CT molecular complexity index is 411. The minimum absolute atomic E-state index is 0.152. The zero-order chi connectivity index (χ0) is 11.9. The zero-order valence-corrected chi connectivity index (χ0v) is 10.2. The zero-order valence-electron chi connectivity index (χ0n) is 10.2. The second-order valence-corrected chi connectivity index (χ2v) is 5.80. The van der Waals surface area contributed by atoms with E-state index >= 15 is 0 Å². The Hall–Kier alpha value is -1.02. The van der Waals surface area contributed by atoms with Crippen molar-refractivity contribution in [2.75, 3.05) is 0 Å². The van der Waals surface area contributed by atoms with E-state index in [9.17, 15) is 5.11 Å². The van der Waals surface area contributed by atoms with Gasteiger partial charge in [0.25, 0.3) is 0 Å². The molecule has 0 heterocycles. The Labute approximate surface area is 103 Å². The molecule has 0 radical (unpaired) electrons. The van der Waals surface area contributed by atoms with E-state index in [-0.39, 0.29) is 5.54 Å². The van der Waals surface area contributed by atoms with Gasteiger partial charge < -0.3 is 10.8 Å². The third-order valence-electron chi connectivity index (χ3n) is 4.66. The minimum Gasteiger partial charge on any atom is -0.508 e. The van der Waals surface area contributed by atoms with Gasteiger partial charge in [-0.15, -0.1) is 0 Å². The summed E-state index contributed by atoms with van der Waals surface area (Å²) >= 11 is 0. The fourth-order valence-electron chi connectivity index (χ4n) is 3.56. The summed E-state index contributed by atoms with van der Waals surface area (Å²) in [6.07, 6.45) is 7.94. The fraction of sp³-hybridized carbons (Fsp3) is 0.600. The van der Waals surface area contributed by atoms with Crippen LogP contribution in [0.2, 0.25) is 0 Å². The molecule has 2 saturated carbocycles. The van der Waals surface area contributed by atoms with E-state index in [2.05, 4.69) is 6.07 Å². The molecule has 3 rings (SSSR count). The van der Waals surface area contributed by atoms with Crippen molar-refractivity contribution in [2.24, 2.45) is 17.6 Å². The number of rotatable bonds is 2. The lowest BCUT2D eigenvalue weighted by Gasteiger charge is -2.24. The van der Waals surface area contributed by atoms with Crippen LogP contribution in [-0.4, -0.2) is 5.11 Å². The van der Waals surface area contributed by atoms with Crippen molar-refractivity contribution < 1.29 is 5.11 Å². The van der Waals surface area contributed by atoms with Gasteiger partial charge in [-0.2, -0.15) is 0 Å². The molecule has 1 aromatic rings. The van der Waals surface area contributed by atoms with Crippen LogP contribution in [0.25, 0.3) is 0 Å². The minimum atomic E-state index is -0.152. The molecule has 1 aromatic carbocycles. The normalized spacial score (nSPS) is 33.6. The van der Waals surface area contributed by atoms with Gasteiger partial charge in [0.05, 0.1) is 0 Å². The van der Waals surface area contributed by atoms with E-state index in [0.717, 1.165) is 17.9 Å².